The van der Waals surface area contributed by atoms with Crippen LogP contribution in [0.3, 0.4) is 0 Å². The molecule has 0 saturated heterocycles. The molecule has 3 aromatic rings. The number of hydrogen-bond donors (Lipinski definition) is 1. The van der Waals surface area contributed by atoms with Gasteiger partial charge in [0.15, 0.2) is 0 Å². The molecular formula is C24H25ClN2O3S. The van der Waals surface area contributed by atoms with E-state index in [0.29, 0.717) is 22.8 Å². The van der Waals surface area contributed by atoms with Crippen LogP contribution in [0.4, 0.5) is 5.69 Å². The van der Waals surface area contributed by atoms with Crippen LogP contribution in [-0.2, 0) is 23.1 Å². The highest BCUT2D eigenvalue weighted by molar-refractivity contribution is 7.92. The van der Waals surface area contributed by atoms with Crippen molar-refractivity contribution in [2.45, 2.75) is 26.9 Å². The number of carbonyl (C=O) groups excluding carboxylic acids is 1. The van der Waals surface area contributed by atoms with Crippen LogP contribution in [0.1, 0.15) is 32.6 Å². The number of nitrogens with zero attached hydrogens (tertiary/aromatic N) is 1. The number of hydrogen-bond acceptors (Lipinski definition) is 3. The fourth-order valence-corrected chi connectivity index (χ4v) is 4.25. The summed E-state index contributed by atoms with van der Waals surface area (Å²) >= 11 is 5.88. The van der Waals surface area contributed by atoms with Crippen molar-refractivity contribution < 1.29 is 13.2 Å². The Hall–Kier alpha value is -2.83. The predicted molar refractivity (Wildman–Crippen MR) is 126 cm³/mol. The molecule has 0 spiro atoms. The van der Waals surface area contributed by atoms with Crippen molar-refractivity contribution in [1.82, 2.24) is 5.32 Å². The minimum Gasteiger partial charge on any atom is -0.348 e. The van der Waals surface area contributed by atoms with Gasteiger partial charge in [-0.2, -0.15) is 0 Å². The van der Waals surface area contributed by atoms with Gasteiger partial charge in [-0.15, -0.1) is 0 Å². The van der Waals surface area contributed by atoms with Gasteiger partial charge in [0.2, 0.25) is 10.0 Å². The van der Waals surface area contributed by atoms with Crippen molar-refractivity contribution in [2.24, 2.45) is 0 Å². The molecule has 1 N–H and O–H groups in total. The van der Waals surface area contributed by atoms with Gasteiger partial charge >= 0.3 is 0 Å². The molecule has 0 atom stereocenters. The number of benzene rings is 3. The Morgan fingerprint density at radius 2 is 1.55 bits per heavy atom. The Morgan fingerprint density at radius 3 is 2.16 bits per heavy atom. The minimum absolute atomic E-state index is 0.190. The number of nitrogens with one attached hydrogen (secondary N) is 1. The molecule has 0 bridgehead atoms. The van der Waals surface area contributed by atoms with Crippen LogP contribution in [0.2, 0.25) is 5.02 Å². The monoisotopic (exact) mass is 456 g/mol. The van der Waals surface area contributed by atoms with E-state index in [9.17, 15) is 13.2 Å². The van der Waals surface area contributed by atoms with Gasteiger partial charge in [-0.05, 0) is 66.4 Å². The van der Waals surface area contributed by atoms with Gasteiger partial charge in [0.1, 0.15) is 0 Å². The maximum atomic E-state index is 12.5. The SMILES string of the molecule is Cc1ccc(C)c(N(Cc2ccc(C(=O)NCc3ccc(Cl)cc3)cc2)S(C)(=O)=O)c1. The number of sulfonamides is 1. The summed E-state index contributed by atoms with van der Waals surface area (Å²) in [6.45, 7) is 4.41. The van der Waals surface area contributed by atoms with E-state index < -0.39 is 10.0 Å². The lowest BCUT2D eigenvalue weighted by molar-refractivity contribution is 0.0951. The largest absolute Gasteiger partial charge is 0.348 e. The smallest absolute Gasteiger partial charge is 0.251 e. The summed E-state index contributed by atoms with van der Waals surface area (Å²) in [5, 5.41) is 3.52. The highest BCUT2D eigenvalue weighted by Gasteiger charge is 2.20. The standard InChI is InChI=1S/C24H25ClN2O3S/c1-17-4-5-18(2)23(14-17)27(31(3,29)30)16-20-6-10-21(11-7-20)24(28)26-15-19-8-12-22(25)13-9-19/h4-14H,15-16H2,1-3H3,(H,26,28). The van der Waals surface area contributed by atoms with E-state index in [1.807, 2.05) is 44.2 Å². The number of anilines is 1. The lowest BCUT2D eigenvalue weighted by Gasteiger charge is -2.25. The molecule has 0 radical (unpaired) electrons. The van der Waals surface area contributed by atoms with E-state index in [1.165, 1.54) is 10.6 Å². The van der Waals surface area contributed by atoms with Crippen molar-refractivity contribution >= 4 is 33.2 Å². The first-order valence-electron chi connectivity index (χ1n) is 9.80. The van der Waals surface area contributed by atoms with E-state index in [-0.39, 0.29) is 12.5 Å². The van der Waals surface area contributed by atoms with Gasteiger partial charge in [-0.25, -0.2) is 8.42 Å². The van der Waals surface area contributed by atoms with Crippen molar-refractivity contribution in [3.05, 3.63) is 99.6 Å². The van der Waals surface area contributed by atoms with Crippen molar-refractivity contribution in [3.8, 4) is 0 Å². The maximum absolute atomic E-state index is 12.5. The third kappa shape index (κ3) is 6.09. The summed E-state index contributed by atoms with van der Waals surface area (Å²) in [5.41, 5.74) is 4.78. The predicted octanol–water partition coefficient (Wildman–Crippen LogP) is 4.85. The van der Waals surface area contributed by atoms with Crippen LogP contribution >= 0.6 is 11.6 Å². The molecule has 5 nitrogen and oxygen atoms in total. The second-order valence-electron chi connectivity index (χ2n) is 7.57. The topological polar surface area (TPSA) is 66.5 Å². The molecular weight excluding hydrogens is 432 g/mol. The lowest BCUT2D eigenvalue weighted by Crippen LogP contribution is -2.30. The van der Waals surface area contributed by atoms with Crippen molar-refractivity contribution in [1.29, 1.82) is 0 Å². The Bertz CT molecular complexity index is 1170. The molecule has 0 aliphatic heterocycles. The van der Waals surface area contributed by atoms with Gasteiger partial charge < -0.3 is 5.32 Å². The van der Waals surface area contributed by atoms with Crippen molar-refractivity contribution in [3.63, 3.8) is 0 Å². The van der Waals surface area contributed by atoms with Crippen LogP contribution in [0.15, 0.2) is 66.7 Å². The summed E-state index contributed by atoms with van der Waals surface area (Å²) in [6, 6.07) is 20.0. The molecule has 3 aromatic carbocycles. The first-order valence-corrected chi connectivity index (χ1v) is 12.0. The normalized spacial score (nSPS) is 11.2. The molecule has 31 heavy (non-hydrogen) atoms. The van der Waals surface area contributed by atoms with Gasteiger partial charge in [-0.1, -0.05) is 48.0 Å². The van der Waals surface area contributed by atoms with Crippen molar-refractivity contribution in [2.75, 3.05) is 10.6 Å². The summed E-state index contributed by atoms with van der Waals surface area (Å²) in [4.78, 5) is 12.4. The Morgan fingerprint density at radius 1 is 0.935 bits per heavy atom. The number of rotatable bonds is 7. The zero-order valence-corrected chi connectivity index (χ0v) is 19.3. The minimum atomic E-state index is -3.48. The summed E-state index contributed by atoms with van der Waals surface area (Å²) in [6.07, 6.45) is 1.20. The molecule has 1 amide bonds. The second-order valence-corrected chi connectivity index (χ2v) is 9.91. The van der Waals surface area contributed by atoms with Crippen LogP contribution < -0.4 is 9.62 Å². The van der Waals surface area contributed by atoms with E-state index in [0.717, 1.165) is 22.3 Å². The Balaban J connectivity index is 1.72. The quantitative estimate of drug-likeness (QED) is 0.552. The molecule has 0 fully saturated rings. The van der Waals surface area contributed by atoms with Crippen LogP contribution in [-0.4, -0.2) is 20.6 Å². The zero-order chi connectivity index (χ0) is 22.6. The third-order valence-electron chi connectivity index (χ3n) is 4.94. The first kappa shape index (κ1) is 22.8. The fourth-order valence-electron chi connectivity index (χ4n) is 3.18. The molecule has 0 heterocycles. The first-order chi connectivity index (χ1) is 14.6. The molecule has 3 rings (SSSR count). The number of aryl methyl sites for hydroxylation is 2. The fraction of sp³-hybridized carbons (Fsp3) is 0.208. The van der Waals surface area contributed by atoms with E-state index in [4.69, 9.17) is 11.6 Å². The second kappa shape index (κ2) is 9.54. The molecule has 0 saturated carbocycles. The summed E-state index contributed by atoms with van der Waals surface area (Å²) < 4.78 is 26.3. The maximum Gasteiger partial charge on any atom is 0.251 e. The number of halogens is 1. The molecule has 0 unspecified atom stereocenters. The van der Waals surface area contributed by atoms with Gasteiger partial charge in [-0.3, -0.25) is 9.10 Å². The van der Waals surface area contributed by atoms with Crippen LogP contribution in [0.5, 0.6) is 0 Å². The summed E-state index contributed by atoms with van der Waals surface area (Å²) in [5.74, 6) is -0.198. The van der Waals surface area contributed by atoms with Gasteiger partial charge in [0.25, 0.3) is 5.91 Å². The van der Waals surface area contributed by atoms with Gasteiger partial charge in [0.05, 0.1) is 18.5 Å². The molecule has 0 aliphatic carbocycles. The van der Waals surface area contributed by atoms with E-state index in [2.05, 4.69) is 5.32 Å². The van der Waals surface area contributed by atoms with Crippen LogP contribution in [0.25, 0.3) is 0 Å². The lowest BCUT2D eigenvalue weighted by atomic mass is 10.1. The van der Waals surface area contributed by atoms with Gasteiger partial charge in [0, 0.05) is 17.1 Å². The molecule has 0 aromatic heterocycles. The van der Waals surface area contributed by atoms with E-state index in [1.54, 1.807) is 36.4 Å². The van der Waals surface area contributed by atoms with E-state index >= 15 is 0 Å². The zero-order valence-electron chi connectivity index (χ0n) is 17.7. The Kier molecular flexibility index (Phi) is 7.03. The highest BCUT2D eigenvalue weighted by atomic mass is 35.5. The molecule has 0 aliphatic rings. The Labute approximate surface area is 188 Å². The average molecular weight is 457 g/mol. The number of carbonyl (C=O) groups is 1. The molecule has 7 heteroatoms. The third-order valence-corrected chi connectivity index (χ3v) is 6.32. The molecule has 162 valence electrons. The van der Waals surface area contributed by atoms with Crippen LogP contribution in [0, 0.1) is 13.8 Å². The number of amides is 1. The average Bonchev–Trinajstić information content (AvgIpc) is 2.73. The summed E-state index contributed by atoms with van der Waals surface area (Å²) in [7, 11) is -3.48. The highest BCUT2D eigenvalue weighted by Crippen LogP contribution is 2.26.